The second-order valence-electron chi connectivity index (χ2n) is 4.59. The molecule has 0 aliphatic heterocycles. The molecule has 21 heavy (non-hydrogen) atoms. The molecule has 1 aromatic rings. The molecule has 0 atom stereocenters. The number of hydrogen-bond donors (Lipinski definition) is 2. The van der Waals surface area contributed by atoms with Gasteiger partial charge >= 0.3 is 0 Å². The molecule has 0 bridgehead atoms. The lowest BCUT2D eigenvalue weighted by molar-refractivity contribution is 0.293. The van der Waals surface area contributed by atoms with Crippen LogP contribution in [0.15, 0.2) is 11.3 Å². The molecule has 0 unspecified atom stereocenters. The molecule has 0 saturated heterocycles. The average Bonchev–Trinajstić information content (AvgIpc) is 2.86. The van der Waals surface area contributed by atoms with Gasteiger partial charge in [0.15, 0.2) is 5.96 Å². The first-order chi connectivity index (χ1) is 9.71. The number of likely N-dealkylation sites (N-methyl/N-ethyl adjacent to an activating group) is 1. The van der Waals surface area contributed by atoms with Crippen LogP contribution < -0.4 is 10.6 Å². The van der Waals surface area contributed by atoms with Crippen molar-refractivity contribution in [2.24, 2.45) is 12.0 Å². The van der Waals surface area contributed by atoms with E-state index in [1.165, 1.54) is 6.42 Å². The molecule has 1 aromatic heterocycles. The summed E-state index contributed by atoms with van der Waals surface area (Å²) in [4.78, 5) is 10.8. The Morgan fingerprint density at radius 3 is 2.62 bits per heavy atom. The number of halogens is 1. The van der Waals surface area contributed by atoms with Crippen molar-refractivity contribution >= 4 is 29.9 Å². The molecular weight excluding hydrogens is 381 g/mol. The molecule has 1 heterocycles. The van der Waals surface area contributed by atoms with E-state index in [0.29, 0.717) is 6.54 Å². The minimum atomic E-state index is 0. The van der Waals surface area contributed by atoms with E-state index in [2.05, 4.69) is 44.5 Å². The fourth-order valence-electron chi connectivity index (χ4n) is 1.94. The molecule has 0 aromatic carbocycles. The standard InChI is InChI=1S/C13H27N7.HI/c1-5-8-20(6-2)9-7-15-13(14-3)16-10-12-17-11-18-19(12)4;/h11H,5-10H2,1-4H3,(H2,14,15,16);1H. The minimum absolute atomic E-state index is 0. The molecule has 0 aliphatic carbocycles. The first kappa shape index (κ1) is 20.1. The number of aliphatic imine (C=N–C) groups is 1. The van der Waals surface area contributed by atoms with E-state index in [9.17, 15) is 0 Å². The maximum Gasteiger partial charge on any atom is 0.191 e. The van der Waals surface area contributed by atoms with E-state index >= 15 is 0 Å². The summed E-state index contributed by atoms with van der Waals surface area (Å²) in [6.07, 6.45) is 2.74. The Balaban J connectivity index is 0.00000400. The van der Waals surface area contributed by atoms with Crippen LogP contribution in [0.25, 0.3) is 0 Å². The summed E-state index contributed by atoms with van der Waals surface area (Å²) in [6.45, 7) is 9.14. The Bertz CT molecular complexity index is 405. The molecule has 1 rings (SSSR count). The van der Waals surface area contributed by atoms with Gasteiger partial charge in [0.2, 0.25) is 0 Å². The maximum atomic E-state index is 4.20. The van der Waals surface area contributed by atoms with Gasteiger partial charge in [0.1, 0.15) is 12.2 Å². The van der Waals surface area contributed by atoms with Crippen molar-refractivity contribution < 1.29 is 0 Å². The summed E-state index contributed by atoms with van der Waals surface area (Å²) in [5, 5.41) is 10.6. The number of rotatable bonds is 8. The fraction of sp³-hybridized carbons (Fsp3) is 0.769. The van der Waals surface area contributed by atoms with Crippen molar-refractivity contribution in [2.75, 3.05) is 33.2 Å². The highest BCUT2D eigenvalue weighted by molar-refractivity contribution is 14.0. The van der Waals surface area contributed by atoms with Crippen molar-refractivity contribution in [1.29, 1.82) is 0 Å². The second kappa shape index (κ2) is 11.7. The van der Waals surface area contributed by atoms with Crippen molar-refractivity contribution in [1.82, 2.24) is 30.3 Å². The number of nitrogens with one attached hydrogen (secondary N) is 2. The molecule has 0 amide bonds. The van der Waals surface area contributed by atoms with Gasteiger partial charge < -0.3 is 15.5 Å². The van der Waals surface area contributed by atoms with E-state index in [-0.39, 0.29) is 24.0 Å². The van der Waals surface area contributed by atoms with Crippen LogP contribution in [-0.4, -0.2) is 58.9 Å². The topological polar surface area (TPSA) is 70.4 Å². The first-order valence-corrected chi connectivity index (χ1v) is 7.21. The lowest BCUT2D eigenvalue weighted by Crippen LogP contribution is -2.41. The van der Waals surface area contributed by atoms with Gasteiger partial charge in [-0.2, -0.15) is 5.10 Å². The van der Waals surface area contributed by atoms with E-state index in [4.69, 9.17) is 0 Å². The zero-order chi connectivity index (χ0) is 14.8. The van der Waals surface area contributed by atoms with Gasteiger partial charge in [0.05, 0.1) is 6.54 Å². The van der Waals surface area contributed by atoms with Crippen LogP contribution >= 0.6 is 24.0 Å². The molecule has 8 heteroatoms. The average molecular weight is 409 g/mol. The molecular formula is C13H28IN7. The number of guanidine groups is 1. The minimum Gasteiger partial charge on any atom is -0.355 e. The maximum absolute atomic E-state index is 4.20. The van der Waals surface area contributed by atoms with Crippen LogP contribution in [0.2, 0.25) is 0 Å². The van der Waals surface area contributed by atoms with Gasteiger partial charge in [-0.3, -0.25) is 9.67 Å². The summed E-state index contributed by atoms with van der Waals surface area (Å²) in [6, 6.07) is 0. The van der Waals surface area contributed by atoms with Crippen LogP contribution in [0.1, 0.15) is 26.1 Å². The van der Waals surface area contributed by atoms with Crippen LogP contribution in [0.4, 0.5) is 0 Å². The zero-order valence-electron chi connectivity index (χ0n) is 13.5. The predicted octanol–water partition coefficient (Wildman–Crippen LogP) is 0.830. The van der Waals surface area contributed by atoms with Crippen molar-refractivity contribution in [3.05, 3.63) is 12.2 Å². The monoisotopic (exact) mass is 409 g/mol. The summed E-state index contributed by atoms with van der Waals surface area (Å²) in [5.41, 5.74) is 0. The number of hydrogen-bond acceptors (Lipinski definition) is 4. The summed E-state index contributed by atoms with van der Waals surface area (Å²) >= 11 is 0. The Morgan fingerprint density at radius 1 is 1.33 bits per heavy atom. The van der Waals surface area contributed by atoms with Crippen LogP contribution in [0.3, 0.4) is 0 Å². The highest BCUT2D eigenvalue weighted by atomic mass is 127. The quantitative estimate of drug-likeness (QED) is 0.378. The third-order valence-corrected chi connectivity index (χ3v) is 3.15. The normalized spacial score (nSPS) is 11.4. The first-order valence-electron chi connectivity index (χ1n) is 7.21. The van der Waals surface area contributed by atoms with Gasteiger partial charge in [0.25, 0.3) is 0 Å². The molecule has 0 saturated carbocycles. The SMILES string of the molecule is CCCN(CC)CCNC(=NC)NCc1ncnn1C.I. The number of nitrogens with zero attached hydrogens (tertiary/aromatic N) is 5. The van der Waals surface area contributed by atoms with Gasteiger partial charge in [-0.25, -0.2) is 4.98 Å². The summed E-state index contributed by atoms with van der Waals surface area (Å²) < 4.78 is 1.75. The highest BCUT2D eigenvalue weighted by Crippen LogP contribution is 1.90. The smallest absolute Gasteiger partial charge is 0.191 e. The zero-order valence-corrected chi connectivity index (χ0v) is 15.8. The Labute approximate surface area is 144 Å². The van der Waals surface area contributed by atoms with E-state index in [1.54, 1.807) is 18.1 Å². The number of aromatic nitrogens is 3. The van der Waals surface area contributed by atoms with Gasteiger partial charge in [-0.15, -0.1) is 24.0 Å². The molecule has 0 fully saturated rings. The largest absolute Gasteiger partial charge is 0.355 e. The molecule has 122 valence electrons. The van der Waals surface area contributed by atoms with Crippen LogP contribution in [0, 0.1) is 0 Å². The van der Waals surface area contributed by atoms with Crippen molar-refractivity contribution in [2.45, 2.75) is 26.8 Å². The van der Waals surface area contributed by atoms with E-state index in [1.807, 2.05) is 7.05 Å². The van der Waals surface area contributed by atoms with Gasteiger partial charge in [0, 0.05) is 27.2 Å². The van der Waals surface area contributed by atoms with E-state index < -0.39 is 0 Å². The summed E-state index contributed by atoms with van der Waals surface area (Å²) in [5.74, 6) is 1.68. The van der Waals surface area contributed by atoms with Crippen LogP contribution in [0.5, 0.6) is 0 Å². The Morgan fingerprint density at radius 2 is 2.10 bits per heavy atom. The van der Waals surface area contributed by atoms with E-state index in [0.717, 1.165) is 38.0 Å². The fourth-order valence-corrected chi connectivity index (χ4v) is 1.94. The van der Waals surface area contributed by atoms with Gasteiger partial charge in [-0.1, -0.05) is 13.8 Å². The predicted molar refractivity (Wildman–Crippen MR) is 97.0 cm³/mol. The molecule has 0 radical (unpaired) electrons. The highest BCUT2D eigenvalue weighted by Gasteiger charge is 2.04. The summed E-state index contributed by atoms with van der Waals surface area (Å²) in [7, 11) is 3.65. The second-order valence-corrected chi connectivity index (χ2v) is 4.59. The molecule has 7 nitrogen and oxygen atoms in total. The van der Waals surface area contributed by atoms with Gasteiger partial charge in [-0.05, 0) is 19.5 Å². The Kier molecular flexibility index (Phi) is 11.2. The lowest BCUT2D eigenvalue weighted by Gasteiger charge is -2.20. The number of aryl methyl sites for hydroxylation is 1. The Hall–Kier alpha value is -0.900. The molecule has 2 N–H and O–H groups in total. The van der Waals surface area contributed by atoms with Crippen molar-refractivity contribution in [3.63, 3.8) is 0 Å². The van der Waals surface area contributed by atoms with Crippen molar-refractivity contribution in [3.8, 4) is 0 Å². The van der Waals surface area contributed by atoms with Crippen LogP contribution in [-0.2, 0) is 13.6 Å². The molecule has 0 spiro atoms. The third kappa shape index (κ3) is 7.60. The lowest BCUT2D eigenvalue weighted by atomic mass is 10.4. The third-order valence-electron chi connectivity index (χ3n) is 3.15. The molecule has 0 aliphatic rings.